The molecule has 2 rings (SSSR count). The standard InChI is InChI=1S/C15H22ClFN2O.ClH/c1-15(2,10-20)14(19-7-5-18-6-8-19)12-4-3-11(17)9-13(12)16;/h3-4,9,14,18,20H,5-8,10H2,1-2H3;1H/t14-;/m0./s1. The maximum atomic E-state index is 13.3. The number of benzene rings is 1. The number of nitrogens with zero attached hydrogens (tertiary/aromatic N) is 1. The van der Waals surface area contributed by atoms with Crippen molar-refractivity contribution in [3.63, 3.8) is 0 Å². The molecule has 0 aliphatic carbocycles. The Balaban J connectivity index is 0.00000220. The van der Waals surface area contributed by atoms with Crippen molar-refractivity contribution in [3.8, 4) is 0 Å². The third-order valence-electron chi connectivity index (χ3n) is 3.92. The average Bonchev–Trinajstić information content (AvgIpc) is 2.43. The van der Waals surface area contributed by atoms with Crippen molar-refractivity contribution in [2.75, 3.05) is 32.8 Å². The molecule has 0 unspecified atom stereocenters. The van der Waals surface area contributed by atoms with Crippen molar-refractivity contribution >= 4 is 24.0 Å². The van der Waals surface area contributed by atoms with Crippen LogP contribution in [-0.2, 0) is 0 Å². The van der Waals surface area contributed by atoms with Gasteiger partial charge in [-0.3, -0.25) is 4.90 Å². The first-order valence-corrected chi connectivity index (χ1v) is 7.34. The fourth-order valence-corrected chi connectivity index (χ4v) is 3.13. The van der Waals surface area contributed by atoms with Crippen molar-refractivity contribution in [2.24, 2.45) is 5.41 Å². The summed E-state index contributed by atoms with van der Waals surface area (Å²) in [5.74, 6) is -0.334. The van der Waals surface area contributed by atoms with Crippen LogP contribution in [0.4, 0.5) is 4.39 Å². The number of aliphatic hydroxyl groups is 1. The highest BCUT2D eigenvalue weighted by atomic mass is 35.5. The summed E-state index contributed by atoms with van der Waals surface area (Å²) in [4.78, 5) is 2.31. The van der Waals surface area contributed by atoms with Gasteiger partial charge in [-0.25, -0.2) is 4.39 Å². The summed E-state index contributed by atoms with van der Waals surface area (Å²) in [5, 5.41) is 13.5. The molecule has 0 spiro atoms. The smallest absolute Gasteiger partial charge is 0.124 e. The lowest BCUT2D eigenvalue weighted by Crippen LogP contribution is -2.49. The Kier molecular flexibility index (Phi) is 6.88. The van der Waals surface area contributed by atoms with Gasteiger partial charge >= 0.3 is 0 Å². The molecule has 1 aromatic carbocycles. The highest BCUT2D eigenvalue weighted by molar-refractivity contribution is 6.31. The number of halogens is 3. The lowest BCUT2D eigenvalue weighted by Gasteiger charge is -2.43. The first kappa shape index (κ1) is 18.7. The lowest BCUT2D eigenvalue weighted by molar-refractivity contribution is 0.0305. The number of rotatable bonds is 4. The zero-order valence-electron chi connectivity index (χ0n) is 12.4. The second-order valence-corrected chi connectivity index (χ2v) is 6.41. The zero-order valence-corrected chi connectivity index (χ0v) is 14.0. The van der Waals surface area contributed by atoms with Crippen LogP contribution >= 0.6 is 24.0 Å². The fourth-order valence-electron chi connectivity index (χ4n) is 2.86. The number of hydrogen-bond donors (Lipinski definition) is 2. The summed E-state index contributed by atoms with van der Waals surface area (Å²) in [6.45, 7) is 7.69. The number of piperazine rings is 1. The largest absolute Gasteiger partial charge is 0.396 e. The van der Waals surface area contributed by atoms with Crippen molar-refractivity contribution < 1.29 is 9.50 Å². The minimum atomic E-state index is -0.348. The van der Waals surface area contributed by atoms with Gasteiger partial charge in [-0.2, -0.15) is 0 Å². The van der Waals surface area contributed by atoms with Gasteiger partial charge in [0.1, 0.15) is 5.82 Å². The van der Waals surface area contributed by atoms with E-state index in [0.29, 0.717) is 5.02 Å². The van der Waals surface area contributed by atoms with E-state index < -0.39 is 0 Å². The first-order chi connectivity index (χ1) is 9.45. The molecular formula is C15H23Cl2FN2O. The maximum absolute atomic E-state index is 13.3. The quantitative estimate of drug-likeness (QED) is 0.887. The molecule has 1 heterocycles. The molecule has 0 saturated carbocycles. The van der Waals surface area contributed by atoms with Gasteiger partial charge in [-0.15, -0.1) is 12.4 Å². The van der Waals surface area contributed by atoms with Crippen LogP contribution in [0.1, 0.15) is 25.5 Å². The van der Waals surface area contributed by atoms with Crippen LogP contribution in [0, 0.1) is 11.2 Å². The molecule has 1 atom stereocenters. The molecule has 6 heteroatoms. The topological polar surface area (TPSA) is 35.5 Å². The number of aliphatic hydroxyl groups excluding tert-OH is 1. The van der Waals surface area contributed by atoms with Gasteiger partial charge in [0.05, 0.1) is 0 Å². The Labute approximate surface area is 136 Å². The van der Waals surface area contributed by atoms with Gasteiger partial charge in [-0.05, 0) is 17.7 Å². The lowest BCUT2D eigenvalue weighted by atomic mass is 9.79. The highest BCUT2D eigenvalue weighted by Crippen LogP contribution is 2.41. The van der Waals surface area contributed by atoms with Crippen molar-refractivity contribution in [1.29, 1.82) is 0 Å². The van der Waals surface area contributed by atoms with Gasteiger partial charge in [-0.1, -0.05) is 31.5 Å². The molecule has 21 heavy (non-hydrogen) atoms. The predicted octanol–water partition coefficient (Wildman–Crippen LogP) is 2.87. The Morgan fingerprint density at radius 1 is 1.38 bits per heavy atom. The van der Waals surface area contributed by atoms with Crippen LogP contribution in [-0.4, -0.2) is 42.8 Å². The van der Waals surface area contributed by atoms with E-state index >= 15 is 0 Å². The van der Waals surface area contributed by atoms with E-state index in [9.17, 15) is 9.50 Å². The Morgan fingerprint density at radius 2 is 2.00 bits per heavy atom. The van der Waals surface area contributed by atoms with E-state index in [1.807, 2.05) is 13.8 Å². The Bertz CT molecular complexity index is 465. The van der Waals surface area contributed by atoms with E-state index in [4.69, 9.17) is 11.6 Å². The third-order valence-corrected chi connectivity index (χ3v) is 4.25. The van der Waals surface area contributed by atoms with Crippen molar-refractivity contribution in [1.82, 2.24) is 10.2 Å². The molecule has 1 aromatic rings. The molecule has 2 N–H and O–H groups in total. The van der Waals surface area contributed by atoms with Crippen molar-refractivity contribution in [3.05, 3.63) is 34.6 Å². The van der Waals surface area contributed by atoms with Crippen LogP contribution in [0.15, 0.2) is 18.2 Å². The van der Waals surface area contributed by atoms with Gasteiger partial charge in [0, 0.05) is 49.3 Å². The van der Waals surface area contributed by atoms with Crippen LogP contribution in [0.25, 0.3) is 0 Å². The summed E-state index contributed by atoms with van der Waals surface area (Å²) in [7, 11) is 0. The highest BCUT2D eigenvalue weighted by Gasteiger charge is 2.36. The summed E-state index contributed by atoms with van der Waals surface area (Å²) in [5.41, 5.74) is 0.535. The van der Waals surface area contributed by atoms with Crippen molar-refractivity contribution in [2.45, 2.75) is 19.9 Å². The summed E-state index contributed by atoms with van der Waals surface area (Å²) in [6, 6.07) is 4.49. The predicted molar refractivity (Wildman–Crippen MR) is 86.7 cm³/mol. The monoisotopic (exact) mass is 336 g/mol. The SMILES string of the molecule is CC(C)(CO)[C@H](c1ccc(F)cc1Cl)N1CCNCC1.Cl. The van der Waals surface area contributed by atoms with E-state index in [1.165, 1.54) is 12.1 Å². The van der Waals surface area contributed by atoms with E-state index in [0.717, 1.165) is 31.7 Å². The normalized spacial score (nSPS) is 18.1. The Hall–Kier alpha value is -0.390. The molecule has 1 fully saturated rings. The number of nitrogens with one attached hydrogen (secondary N) is 1. The van der Waals surface area contributed by atoms with Crippen LogP contribution in [0.5, 0.6) is 0 Å². The minimum Gasteiger partial charge on any atom is -0.396 e. The fraction of sp³-hybridized carbons (Fsp3) is 0.600. The summed E-state index contributed by atoms with van der Waals surface area (Å²) in [6.07, 6.45) is 0. The molecule has 0 aromatic heterocycles. The van der Waals surface area contributed by atoms with Gasteiger partial charge in [0.25, 0.3) is 0 Å². The molecule has 1 saturated heterocycles. The second kappa shape index (κ2) is 7.75. The maximum Gasteiger partial charge on any atom is 0.124 e. The van der Waals surface area contributed by atoms with Gasteiger partial charge in [0.15, 0.2) is 0 Å². The molecule has 1 aliphatic heterocycles. The molecule has 3 nitrogen and oxygen atoms in total. The molecule has 1 aliphatic rings. The second-order valence-electron chi connectivity index (χ2n) is 6.00. The minimum absolute atomic E-state index is 0. The molecule has 0 amide bonds. The van der Waals surface area contributed by atoms with Crippen LogP contribution in [0.2, 0.25) is 5.02 Å². The van der Waals surface area contributed by atoms with E-state index in [1.54, 1.807) is 6.07 Å². The summed E-state index contributed by atoms with van der Waals surface area (Å²) >= 11 is 6.24. The Morgan fingerprint density at radius 3 is 2.52 bits per heavy atom. The molecule has 0 radical (unpaired) electrons. The van der Waals surface area contributed by atoms with E-state index in [2.05, 4.69) is 10.2 Å². The average molecular weight is 337 g/mol. The summed E-state index contributed by atoms with van der Waals surface area (Å²) < 4.78 is 13.3. The van der Waals surface area contributed by atoms with Gasteiger partial charge in [0.2, 0.25) is 0 Å². The zero-order chi connectivity index (χ0) is 14.8. The van der Waals surface area contributed by atoms with Gasteiger partial charge < -0.3 is 10.4 Å². The van der Waals surface area contributed by atoms with Crippen LogP contribution < -0.4 is 5.32 Å². The first-order valence-electron chi connectivity index (χ1n) is 6.96. The third kappa shape index (κ3) is 4.30. The molecule has 120 valence electrons. The van der Waals surface area contributed by atoms with Crippen LogP contribution in [0.3, 0.4) is 0 Å². The molecular weight excluding hydrogens is 314 g/mol. The number of hydrogen-bond acceptors (Lipinski definition) is 3. The molecule has 0 bridgehead atoms. The van der Waals surface area contributed by atoms with E-state index in [-0.39, 0.29) is 36.3 Å².